The molecule has 4 heterocycles. The van der Waals surface area contributed by atoms with Gasteiger partial charge in [-0.3, -0.25) is 19.4 Å². The lowest BCUT2D eigenvalue weighted by molar-refractivity contribution is 0.0977. The number of hydrogen-bond donors (Lipinski definition) is 1. The van der Waals surface area contributed by atoms with E-state index in [1.807, 2.05) is 70.9 Å². The van der Waals surface area contributed by atoms with Crippen LogP contribution >= 0.6 is 11.3 Å². The van der Waals surface area contributed by atoms with E-state index in [2.05, 4.69) is 15.3 Å². The summed E-state index contributed by atoms with van der Waals surface area (Å²) in [5.41, 5.74) is 8.19. The van der Waals surface area contributed by atoms with Gasteiger partial charge >= 0.3 is 0 Å². The molecule has 7 rings (SSSR count). The summed E-state index contributed by atoms with van der Waals surface area (Å²) in [5.74, 6) is -0.161. The number of rotatable bonds is 7. The first-order chi connectivity index (χ1) is 20.1. The van der Waals surface area contributed by atoms with Crippen LogP contribution in [0.1, 0.15) is 40.1 Å². The number of nitrogens with one attached hydrogen (secondary N) is 1. The van der Waals surface area contributed by atoms with Crippen molar-refractivity contribution in [3.05, 3.63) is 109 Å². The molecule has 1 fully saturated rings. The van der Waals surface area contributed by atoms with E-state index in [0.29, 0.717) is 35.0 Å². The fraction of sp³-hybridized carbons (Fsp3) is 0.250. The Morgan fingerprint density at radius 1 is 0.927 bits per heavy atom. The van der Waals surface area contributed by atoms with Gasteiger partial charge in [0.05, 0.1) is 16.1 Å². The van der Waals surface area contributed by atoms with Gasteiger partial charge < -0.3 is 9.80 Å². The molecule has 2 aliphatic heterocycles. The number of carbonyl (C=O) groups excluding carboxylic acids is 1. The van der Waals surface area contributed by atoms with E-state index < -0.39 is 5.43 Å². The summed E-state index contributed by atoms with van der Waals surface area (Å²) >= 11 is 1.39. The SMILES string of the molecule is O=C(c1cccs1)N(NCc1ccnc2ccccc12)c1ccc2c(c1)N(c1c(N3CCCCC3)c(=O)c1=O)CC2. The van der Waals surface area contributed by atoms with Crippen LogP contribution in [0, 0.1) is 0 Å². The minimum atomic E-state index is -0.418. The Kier molecular flexibility index (Phi) is 6.60. The highest BCUT2D eigenvalue weighted by molar-refractivity contribution is 7.12. The number of carbonyl (C=O) groups is 1. The summed E-state index contributed by atoms with van der Waals surface area (Å²) < 4.78 is 0. The maximum atomic E-state index is 13.8. The van der Waals surface area contributed by atoms with Gasteiger partial charge in [0, 0.05) is 43.4 Å². The Hall–Kier alpha value is -4.34. The summed E-state index contributed by atoms with van der Waals surface area (Å²) in [6, 6.07) is 19.5. The molecule has 1 saturated heterocycles. The molecule has 0 aliphatic carbocycles. The van der Waals surface area contributed by atoms with E-state index in [9.17, 15) is 14.4 Å². The Balaban J connectivity index is 1.24. The molecule has 2 aromatic heterocycles. The van der Waals surface area contributed by atoms with Crippen LogP contribution in [0.25, 0.3) is 10.9 Å². The van der Waals surface area contributed by atoms with Crippen molar-refractivity contribution in [2.24, 2.45) is 0 Å². The first-order valence-corrected chi connectivity index (χ1v) is 14.9. The van der Waals surface area contributed by atoms with Crippen molar-refractivity contribution in [1.82, 2.24) is 10.4 Å². The number of pyridine rings is 1. The molecule has 0 saturated carbocycles. The number of amides is 1. The Bertz CT molecular complexity index is 1810. The highest BCUT2D eigenvalue weighted by atomic mass is 32.1. The molecule has 0 atom stereocenters. The number of piperidine rings is 1. The molecule has 206 valence electrons. The molecule has 0 bridgehead atoms. The summed E-state index contributed by atoms with van der Waals surface area (Å²) in [7, 11) is 0. The third-order valence-electron chi connectivity index (χ3n) is 8.13. The monoisotopic (exact) mass is 563 g/mol. The molecule has 2 aliphatic rings. The van der Waals surface area contributed by atoms with Gasteiger partial charge in [0.15, 0.2) is 0 Å². The molecule has 0 spiro atoms. The van der Waals surface area contributed by atoms with Gasteiger partial charge in [-0.05, 0) is 72.5 Å². The minimum absolute atomic E-state index is 0.161. The van der Waals surface area contributed by atoms with E-state index in [4.69, 9.17) is 0 Å². The third-order valence-corrected chi connectivity index (χ3v) is 8.99. The van der Waals surface area contributed by atoms with E-state index in [1.165, 1.54) is 11.3 Å². The van der Waals surface area contributed by atoms with Crippen LogP contribution < -0.4 is 31.1 Å². The highest BCUT2D eigenvalue weighted by Crippen LogP contribution is 2.40. The molecule has 3 aromatic carbocycles. The van der Waals surface area contributed by atoms with Gasteiger partial charge in [0.2, 0.25) is 0 Å². The average Bonchev–Trinajstić information content (AvgIpc) is 3.70. The number of fused-ring (bicyclic) bond motifs is 2. The predicted octanol–water partition coefficient (Wildman–Crippen LogP) is 4.93. The molecule has 0 radical (unpaired) electrons. The lowest BCUT2D eigenvalue weighted by atomic mass is 10.1. The van der Waals surface area contributed by atoms with Crippen LogP contribution in [-0.4, -0.2) is 30.5 Å². The third kappa shape index (κ3) is 4.51. The molecule has 5 aromatic rings. The Morgan fingerprint density at radius 2 is 1.76 bits per heavy atom. The number of hydrogen-bond acceptors (Lipinski definition) is 8. The van der Waals surface area contributed by atoms with Crippen molar-refractivity contribution in [1.29, 1.82) is 0 Å². The summed E-state index contributed by atoms with van der Waals surface area (Å²) in [6.45, 7) is 2.64. The number of benzene rings is 2. The topological polar surface area (TPSA) is 85.8 Å². The van der Waals surface area contributed by atoms with Gasteiger partial charge in [0.25, 0.3) is 16.8 Å². The summed E-state index contributed by atoms with van der Waals surface area (Å²) in [5, 5.41) is 4.50. The van der Waals surface area contributed by atoms with Crippen LogP contribution in [0.15, 0.2) is 81.8 Å². The van der Waals surface area contributed by atoms with Gasteiger partial charge in [-0.15, -0.1) is 11.3 Å². The maximum absolute atomic E-state index is 13.8. The van der Waals surface area contributed by atoms with Crippen molar-refractivity contribution >= 4 is 50.9 Å². The lowest BCUT2D eigenvalue weighted by Crippen LogP contribution is -2.46. The molecular formula is C32H29N5O3S. The fourth-order valence-electron chi connectivity index (χ4n) is 6.03. The quantitative estimate of drug-likeness (QED) is 0.222. The largest absolute Gasteiger partial charge is 0.366 e. The van der Waals surface area contributed by atoms with Gasteiger partial charge in [-0.1, -0.05) is 30.3 Å². The van der Waals surface area contributed by atoms with Gasteiger partial charge in [0.1, 0.15) is 11.4 Å². The summed E-state index contributed by atoms with van der Waals surface area (Å²) in [6.07, 6.45) is 5.74. The van der Waals surface area contributed by atoms with Crippen LogP contribution in [-0.2, 0) is 13.0 Å². The number of hydrazine groups is 1. The standard InChI is InChI=1S/C32H29N5O3S/c38-30-28(35-15-4-1-5-16-35)29(31(30)39)36-17-13-21-10-11-23(19-26(21)36)37(32(40)27-9-6-18-41-27)34-20-22-12-14-33-25-8-3-2-7-24(22)25/h2-3,6-12,14,18-19,34H,1,4-5,13,15-17,20H2. The van der Waals surface area contributed by atoms with Crippen molar-refractivity contribution < 1.29 is 4.79 Å². The molecule has 41 heavy (non-hydrogen) atoms. The van der Waals surface area contributed by atoms with Crippen molar-refractivity contribution in [3.63, 3.8) is 0 Å². The molecular weight excluding hydrogens is 534 g/mol. The first-order valence-electron chi connectivity index (χ1n) is 14.0. The predicted molar refractivity (Wildman–Crippen MR) is 164 cm³/mol. The lowest BCUT2D eigenvalue weighted by Gasteiger charge is -2.33. The molecule has 1 N–H and O–H groups in total. The number of para-hydroxylation sites is 1. The van der Waals surface area contributed by atoms with Crippen molar-refractivity contribution in [3.8, 4) is 0 Å². The zero-order valence-corrected chi connectivity index (χ0v) is 23.3. The second-order valence-corrected chi connectivity index (χ2v) is 11.5. The average molecular weight is 564 g/mol. The maximum Gasteiger partial charge on any atom is 0.282 e. The second kappa shape index (κ2) is 10.6. The van der Waals surface area contributed by atoms with Gasteiger partial charge in [-0.2, -0.15) is 0 Å². The van der Waals surface area contributed by atoms with Crippen LogP contribution in [0.2, 0.25) is 0 Å². The first kappa shape index (κ1) is 25.6. The van der Waals surface area contributed by atoms with Crippen LogP contribution in [0.4, 0.5) is 22.7 Å². The molecule has 9 heteroatoms. The van der Waals surface area contributed by atoms with E-state index in [0.717, 1.165) is 66.5 Å². The zero-order valence-electron chi connectivity index (χ0n) is 22.5. The number of thiophene rings is 1. The number of anilines is 4. The number of nitrogens with zero attached hydrogens (tertiary/aromatic N) is 4. The summed E-state index contributed by atoms with van der Waals surface area (Å²) in [4.78, 5) is 48.5. The highest BCUT2D eigenvalue weighted by Gasteiger charge is 2.34. The Labute approximate surface area is 241 Å². The van der Waals surface area contributed by atoms with Crippen LogP contribution in [0.3, 0.4) is 0 Å². The Morgan fingerprint density at radius 3 is 2.59 bits per heavy atom. The zero-order chi connectivity index (χ0) is 27.9. The van der Waals surface area contributed by atoms with Crippen molar-refractivity contribution in [2.45, 2.75) is 32.2 Å². The number of aromatic nitrogens is 1. The normalized spacial score (nSPS) is 15.0. The minimum Gasteiger partial charge on any atom is -0.366 e. The smallest absolute Gasteiger partial charge is 0.282 e. The van der Waals surface area contributed by atoms with E-state index in [-0.39, 0.29) is 11.3 Å². The second-order valence-electron chi connectivity index (χ2n) is 10.6. The molecule has 8 nitrogen and oxygen atoms in total. The molecule has 1 amide bonds. The van der Waals surface area contributed by atoms with Crippen molar-refractivity contribution in [2.75, 3.05) is 34.4 Å². The fourth-order valence-corrected chi connectivity index (χ4v) is 6.69. The van der Waals surface area contributed by atoms with Crippen LogP contribution in [0.5, 0.6) is 0 Å². The molecule has 0 unspecified atom stereocenters. The van der Waals surface area contributed by atoms with Gasteiger partial charge in [-0.25, -0.2) is 10.4 Å². The van der Waals surface area contributed by atoms with E-state index in [1.54, 1.807) is 11.2 Å². The van der Waals surface area contributed by atoms with E-state index >= 15 is 0 Å².